The van der Waals surface area contributed by atoms with Crippen molar-refractivity contribution in [3.8, 4) is 5.75 Å². The number of phenolic OH excluding ortho intramolecular Hbond substituents is 1. The van der Waals surface area contributed by atoms with Crippen LogP contribution >= 0.6 is 0 Å². The van der Waals surface area contributed by atoms with Gasteiger partial charge in [0.05, 0.1) is 0 Å². The first-order valence-corrected chi connectivity index (χ1v) is 4.65. The van der Waals surface area contributed by atoms with Crippen molar-refractivity contribution in [3.63, 3.8) is 0 Å². The summed E-state index contributed by atoms with van der Waals surface area (Å²) >= 11 is 0. The van der Waals surface area contributed by atoms with Gasteiger partial charge in [0.2, 0.25) is 5.96 Å². The van der Waals surface area contributed by atoms with Crippen molar-refractivity contribution in [2.45, 2.75) is 6.18 Å². The average molecular weight is 279 g/mol. The molecule has 0 aliphatic carbocycles. The van der Waals surface area contributed by atoms with Crippen molar-refractivity contribution in [1.29, 1.82) is 0 Å². The lowest BCUT2D eigenvalue weighted by molar-refractivity contribution is -0.141. The Morgan fingerprint density at radius 3 is 2.21 bits per heavy atom. The second-order valence-corrected chi connectivity index (χ2v) is 3.29. The number of rotatable bonds is 1. The monoisotopic (exact) mass is 279 g/mol. The fourth-order valence-corrected chi connectivity index (χ4v) is 1.20. The van der Waals surface area contributed by atoms with Crippen LogP contribution in [0.1, 0.15) is 5.56 Å². The van der Waals surface area contributed by atoms with E-state index in [0.717, 1.165) is 6.07 Å². The van der Waals surface area contributed by atoms with E-state index in [4.69, 9.17) is 17.2 Å². The van der Waals surface area contributed by atoms with Gasteiger partial charge in [-0.05, 0) is 12.1 Å². The van der Waals surface area contributed by atoms with Crippen molar-refractivity contribution < 1.29 is 22.7 Å². The molecule has 10 heteroatoms. The zero-order chi connectivity index (χ0) is 14.8. The highest BCUT2D eigenvalue weighted by atomic mass is 19.4. The van der Waals surface area contributed by atoms with Gasteiger partial charge in [-0.2, -0.15) is 18.2 Å². The molecule has 1 rings (SSSR count). The first kappa shape index (κ1) is 14.5. The summed E-state index contributed by atoms with van der Waals surface area (Å²) in [5.74, 6) is -4.10. The molecule has 7 N–H and O–H groups in total. The SMILES string of the molecule is NC(N)=NC(N)=Nc1ccc(F)c(C(F)(F)F)c1O. The zero-order valence-electron chi connectivity index (χ0n) is 9.24. The third-order valence-corrected chi connectivity index (χ3v) is 1.87. The lowest BCUT2D eigenvalue weighted by atomic mass is 10.1. The Balaban J connectivity index is 3.38. The third kappa shape index (κ3) is 3.47. The molecule has 0 aliphatic rings. The molecule has 0 unspecified atom stereocenters. The summed E-state index contributed by atoms with van der Waals surface area (Å²) in [5.41, 5.74) is 12.7. The molecule has 0 amide bonds. The van der Waals surface area contributed by atoms with Crippen LogP contribution < -0.4 is 17.2 Å². The largest absolute Gasteiger partial charge is 0.505 e. The van der Waals surface area contributed by atoms with Crippen LogP contribution in [0, 0.1) is 5.82 Å². The molecule has 0 saturated heterocycles. The Hall–Kier alpha value is -2.52. The van der Waals surface area contributed by atoms with Crippen LogP contribution in [0.25, 0.3) is 0 Å². The quantitative estimate of drug-likeness (QED) is 0.344. The molecule has 0 aliphatic heterocycles. The minimum atomic E-state index is -5.08. The molecule has 0 spiro atoms. The highest BCUT2D eigenvalue weighted by Gasteiger charge is 2.38. The van der Waals surface area contributed by atoms with Crippen LogP contribution in [0.2, 0.25) is 0 Å². The summed E-state index contributed by atoms with van der Waals surface area (Å²) in [5, 5.41) is 9.35. The van der Waals surface area contributed by atoms with Gasteiger partial charge in [0.25, 0.3) is 0 Å². The van der Waals surface area contributed by atoms with Crippen molar-refractivity contribution in [3.05, 3.63) is 23.5 Å². The number of guanidine groups is 2. The minimum Gasteiger partial charge on any atom is -0.505 e. The van der Waals surface area contributed by atoms with Gasteiger partial charge in [-0.1, -0.05) is 0 Å². The van der Waals surface area contributed by atoms with Crippen LogP contribution in [-0.4, -0.2) is 17.0 Å². The summed E-state index contributed by atoms with van der Waals surface area (Å²) in [6.07, 6.45) is -5.08. The molecule has 0 heterocycles. The number of nitrogens with two attached hydrogens (primary N) is 3. The van der Waals surface area contributed by atoms with Gasteiger partial charge in [-0.15, -0.1) is 0 Å². The molecule has 0 atom stereocenters. The van der Waals surface area contributed by atoms with Gasteiger partial charge in [0.15, 0.2) is 11.7 Å². The number of nitrogens with zero attached hydrogens (tertiary/aromatic N) is 2. The number of hydrogen-bond acceptors (Lipinski definition) is 2. The normalized spacial score (nSPS) is 12.3. The highest BCUT2D eigenvalue weighted by molar-refractivity contribution is 5.93. The summed E-state index contributed by atoms with van der Waals surface area (Å²) < 4.78 is 50.5. The van der Waals surface area contributed by atoms with Crippen LogP contribution in [-0.2, 0) is 6.18 Å². The molecular weight excluding hydrogens is 270 g/mol. The topological polar surface area (TPSA) is 123 Å². The fraction of sp³-hybridized carbons (Fsp3) is 0.111. The van der Waals surface area contributed by atoms with Crippen molar-refractivity contribution in [2.24, 2.45) is 27.2 Å². The standard InChI is InChI=1S/C9H9F4N5O/c10-3-1-2-4(17-8(16)18-7(14)15)6(19)5(3)9(11,12)13/h1-2,19H,(H6,14,15,16,17,18). The Labute approximate surface area is 104 Å². The number of hydrogen-bond donors (Lipinski definition) is 4. The summed E-state index contributed by atoms with van der Waals surface area (Å²) in [4.78, 5) is 6.59. The van der Waals surface area contributed by atoms with E-state index in [1.807, 2.05) is 0 Å². The first-order valence-electron chi connectivity index (χ1n) is 4.65. The number of phenols is 1. The predicted octanol–water partition coefficient (Wildman–Crippen LogP) is 0.770. The number of halogens is 4. The summed E-state index contributed by atoms with van der Waals surface area (Å²) in [6, 6.07) is 1.29. The lowest BCUT2D eigenvalue weighted by Gasteiger charge is -2.11. The molecule has 0 radical (unpaired) electrons. The van der Waals surface area contributed by atoms with E-state index in [-0.39, 0.29) is 0 Å². The van der Waals surface area contributed by atoms with Crippen LogP contribution in [0.3, 0.4) is 0 Å². The Bertz CT molecular complexity index is 548. The molecule has 0 saturated carbocycles. The average Bonchev–Trinajstić information content (AvgIpc) is 2.19. The molecule has 1 aromatic carbocycles. The smallest absolute Gasteiger partial charge is 0.422 e. The second kappa shape index (κ2) is 5.00. The zero-order valence-corrected chi connectivity index (χ0v) is 9.24. The third-order valence-electron chi connectivity index (χ3n) is 1.87. The second-order valence-electron chi connectivity index (χ2n) is 3.29. The van der Waals surface area contributed by atoms with E-state index < -0.39 is 40.9 Å². The molecule has 0 aromatic heterocycles. The van der Waals surface area contributed by atoms with Crippen LogP contribution in [0.15, 0.2) is 22.1 Å². The molecule has 104 valence electrons. The summed E-state index contributed by atoms with van der Waals surface area (Å²) in [7, 11) is 0. The number of benzene rings is 1. The van der Waals surface area contributed by atoms with Crippen LogP contribution in [0.4, 0.5) is 23.2 Å². The molecular formula is C9H9F4N5O. The molecule has 1 aromatic rings. The van der Waals surface area contributed by atoms with E-state index in [1.54, 1.807) is 0 Å². The van der Waals surface area contributed by atoms with Gasteiger partial charge in [-0.3, -0.25) is 0 Å². The fourth-order valence-electron chi connectivity index (χ4n) is 1.20. The number of alkyl halides is 3. The van der Waals surface area contributed by atoms with E-state index in [2.05, 4.69) is 9.98 Å². The van der Waals surface area contributed by atoms with Gasteiger partial charge in [0, 0.05) is 0 Å². The Morgan fingerprint density at radius 2 is 1.74 bits per heavy atom. The van der Waals surface area contributed by atoms with Crippen LogP contribution in [0.5, 0.6) is 5.75 Å². The van der Waals surface area contributed by atoms with Crippen molar-refractivity contribution in [2.75, 3.05) is 0 Å². The van der Waals surface area contributed by atoms with Crippen molar-refractivity contribution >= 4 is 17.6 Å². The van der Waals surface area contributed by atoms with E-state index in [9.17, 15) is 22.7 Å². The molecule has 0 bridgehead atoms. The van der Waals surface area contributed by atoms with Gasteiger partial charge >= 0.3 is 6.18 Å². The van der Waals surface area contributed by atoms with E-state index in [0.29, 0.717) is 6.07 Å². The molecule has 19 heavy (non-hydrogen) atoms. The Morgan fingerprint density at radius 1 is 1.16 bits per heavy atom. The maximum atomic E-state index is 13.0. The van der Waals surface area contributed by atoms with Crippen molar-refractivity contribution in [1.82, 2.24) is 0 Å². The summed E-state index contributed by atoms with van der Waals surface area (Å²) in [6.45, 7) is 0. The van der Waals surface area contributed by atoms with E-state index >= 15 is 0 Å². The van der Waals surface area contributed by atoms with Gasteiger partial charge in [0.1, 0.15) is 17.1 Å². The maximum Gasteiger partial charge on any atom is 0.422 e. The maximum absolute atomic E-state index is 13.0. The molecule has 0 fully saturated rings. The highest BCUT2D eigenvalue weighted by Crippen LogP contribution is 2.42. The predicted molar refractivity (Wildman–Crippen MR) is 60.2 cm³/mol. The molecule has 6 nitrogen and oxygen atoms in total. The lowest BCUT2D eigenvalue weighted by Crippen LogP contribution is -2.26. The minimum absolute atomic E-state index is 0.473. The van der Waals surface area contributed by atoms with Gasteiger partial charge < -0.3 is 22.3 Å². The number of aromatic hydroxyl groups is 1. The number of aliphatic imine (C=N–C) groups is 2. The van der Waals surface area contributed by atoms with E-state index in [1.165, 1.54) is 0 Å². The Kier molecular flexibility index (Phi) is 3.83. The van der Waals surface area contributed by atoms with Gasteiger partial charge in [-0.25, -0.2) is 9.38 Å². The first-order chi connectivity index (χ1) is 8.62.